The van der Waals surface area contributed by atoms with Crippen LogP contribution < -0.4 is 9.47 Å². The lowest BCUT2D eigenvalue weighted by molar-refractivity contribution is -0.120. The molecule has 3 nitrogen and oxygen atoms in total. The summed E-state index contributed by atoms with van der Waals surface area (Å²) in [6.07, 6.45) is 0. The van der Waals surface area contributed by atoms with Crippen molar-refractivity contribution < 1.29 is 14.3 Å². The fourth-order valence-corrected chi connectivity index (χ4v) is 1.93. The smallest absolute Gasteiger partial charge is 0.298 e. The second-order valence-electron chi connectivity index (χ2n) is 4.06. The number of rotatable bonds is 5. The molecule has 0 heterocycles. The lowest BCUT2D eigenvalue weighted by Gasteiger charge is -2.10. The minimum Gasteiger partial charge on any atom is -0.489 e. The molecule has 0 aromatic heterocycles. The molecule has 0 atom stereocenters. The van der Waals surface area contributed by atoms with Crippen LogP contribution in [0.4, 0.5) is 0 Å². The zero-order valence-corrected chi connectivity index (χ0v) is 11.2. The summed E-state index contributed by atoms with van der Waals surface area (Å²) in [5.74, 6) is 1.29. The number of hydrogen-bond donors (Lipinski definition) is 0. The highest BCUT2D eigenvalue weighted by atomic mass is 35.5. The Balaban J connectivity index is 2.05. The maximum atomic E-state index is 10.3. The zero-order valence-electron chi connectivity index (χ0n) is 10.4. The molecular formula is C15H13ClO3. The van der Waals surface area contributed by atoms with Crippen molar-refractivity contribution in [2.75, 3.05) is 0 Å². The number of benzene rings is 2. The van der Waals surface area contributed by atoms with Crippen molar-refractivity contribution in [1.29, 1.82) is 0 Å². The Morgan fingerprint density at radius 1 is 1.21 bits per heavy atom. The van der Waals surface area contributed by atoms with E-state index in [-0.39, 0.29) is 0 Å². The van der Waals surface area contributed by atoms with Gasteiger partial charge in [-0.15, -0.1) is 0 Å². The van der Waals surface area contributed by atoms with Crippen molar-refractivity contribution in [1.82, 2.24) is 0 Å². The van der Waals surface area contributed by atoms with Crippen LogP contribution in [0.3, 0.4) is 0 Å². The molecule has 2 rings (SSSR count). The predicted molar refractivity (Wildman–Crippen MR) is 73.7 cm³/mol. The molecule has 0 amide bonds. The van der Waals surface area contributed by atoms with E-state index in [4.69, 9.17) is 21.1 Å². The van der Waals surface area contributed by atoms with Crippen LogP contribution in [0.1, 0.15) is 11.1 Å². The maximum Gasteiger partial charge on any atom is 0.298 e. The molecule has 0 aliphatic heterocycles. The van der Waals surface area contributed by atoms with E-state index in [0.717, 1.165) is 16.9 Å². The largest absolute Gasteiger partial charge is 0.489 e. The highest BCUT2D eigenvalue weighted by Gasteiger charge is 2.02. The lowest BCUT2D eigenvalue weighted by atomic mass is 10.2. The summed E-state index contributed by atoms with van der Waals surface area (Å²) in [7, 11) is 0. The average molecular weight is 277 g/mol. The van der Waals surface area contributed by atoms with Gasteiger partial charge in [0.15, 0.2) is 0 Å². The summed E-state index contributed by atoms with van der Waals surface area (Å²) < 4.78 is 10.5. The van der Waals surface area contributed by atoms with E-state index in [1.807, 2.05) is 31.2 Å². The number of hydrogen-bond acceptors (Lipinski definition) is 3. The van der Waals surface area contributed by atoms with Gasteiger partial charge >= 0.3 is 0 Å². The van der Waals surface area contributed by atoms with Gasteiger partial charge in [-0.25, -0.2) is 0 Å². The van der Waals surface area contributed by atoms with Gasteiger partial charge in [-0.2, -0.15) is 0 Å². The first-order valence-electron chi connectivity index (χ1n) is 5.77. The first kappa shape index (κ1) is 13.4. The van der Waals surface area contributed by atoms with E-state index in [1.54, 1.807) is 18.2 Å². The molecule has 0 unspecified atom stereocenters. The van der Waals surface area contributed by atoms with Crippen LogP contribution in [0.15, 0.2) is 42.5 Å². The van der Waals surface area contributed by atoms with Gasteiger partial charge in [-0.3, -0.25) is 4.79 Å². The molecular weight excluding hydrogens is 264 g/mol. The van der Waals surface area contributed by atoms with Crippen molar-refractivity contribution in [2.24, 2.45) is 0 Å². The van der Waals surface area contributed by atoms with Crippen LogP contribution in [0, 0.1) is 6.92 Å². The van der Waals surface area contributed by atoms with E-state index in [0.29, 0.717) is 23.9 Å². The van der Waals surface area contributed by atoms with Gasteiger partial charge in [0.25, 0.3) is 6.47 Å². The van der Waals surface area contributed by atoms with Gasteiger partial charge in [-0.05, 0) is 48.4 Å². The van der Waals surface area contributed by atoms with Gasteiger partial charge < -0.3 is 9.47 Å². The highest BCUT2D eigenvalue weighted by molar-refractivity contribution is 6.30. The number of carbonyl (C=O) groups is 1. The second kappa shape index (κ2) is 6.25. The minimum absolute atomic E-state index is 0.401. The summed E-state index contributed by atoms with van der Waals surface area (Å²) >= 11 is 5.88. The molecule has 0 saturated heterocycles. The molecule has 0 bridgehead atoms. The first-order valence-corrected chi connectivity index (χ1v) is 6.15. The van der Waals surface area contributed by atoms with Crippen molar-refractivity contribution in [3.05, 3.63) is 58.6 Å². The highest BCUT2D eigenvalue weighted by Crippen LogP contribution is 2.23. The fraction of sp³-hybridized carbons (Fsp3) is 0.133. The minimum atomic E-state index is 0.401. The number of aryl methyl sites for hydroxylation is 1. The van der Waals surface area contributed by atoms with E-state index >= 15 is 0 Å². The molecule has 0 saturated carbocycles. The Labute approximate surface area is 116 Å². The zero-order chi connectivity index (χ0) is 13.7. The average Bonchev–Trinajstić information content (AvgIpc) is 2.38. The number of ether oxygens (including phenoxy) is 2. The Hall–Kier alpha value is -2.00. The van der Waals surface area contributed by atoms with Gasteiger partial charge in [0.1, 0.15) is 18.1 Å². The molecule has 19 heavy (non-hydrogen) atoms. The topological polar surface area (TPSA) is 35.5 Å². The van der Waals surface area contributed by atoms with Gasteiger partial charge in [-0.1, -0.05) is 23.7 Å². The molecule has 2 aromatic rings. The quantitative estimate of drug-likeness (QED) is 0.780. The monoisotopic (exact) mass is 276 g/mol. The van der Waals surface area contributed by atoms with Crippen molar-refractivity contribution in [2.45, 2.75) is 13.5 Å². The second-order valence-corrected chi connectivity index (χ2v) is 4.50. The molecule has 0 N–H and O–H groups in total. The summed E-state index contributed by atoms with van der Waals surface area (Å²) in [5.41, 5.74) is 1.90. The third kappa shape index (κ3) is 3.73. The maximum absolute atomic E-state index is 10.3. The third-order valence-corrected chi connectivity index (χ3v) is 2.85. The first-order chi connectivity index (χ1) is 9.19. The molecule has 4 heteroatoms. The van der Waals surface area contributed by atoms with Crippen LogP contribution in [0.25, 0.3) is 0 Å². The molecule has 0 fully saturated rings. The van der Waals surface area contributed by atoms with Crippen LogP contribution in [-0.4, -0.2) is 6.47 Å². The van der Waals surface area contributed by atoms with Crippen molar-refractivity contribution in [3.8, 4) is 11.5 Å². The van der Waals surface area contributed by atoms with Crippen LogP contribution in [-0.2, 0) is 11.4 Å². The molecule has 0 aliphatic rings. The number of halogens is 1. The van der Waals surface area contributed by atoms with E-state index < -0.39 is 0 Å². The van der Waals surface area contributed by atoms with E-state index in [2.05, 4.69) is 0 Å². The number of carbonyl (C=O) groups excluding carboxylic acids is 1. The van der Waals surface area contributed by atoms with Gasteiger partial charge in [0.2, 0.25) is 0 Å². The molecule has 2 aromatic carbocycles. The standard InChI is InChI=1S/C15H13ClO3/c1-11-7-13(16)5-6-15(11)18-9-12-3-2-4-14(8-12)19-10-17/h2-8,10H,9H2,1H3. The fourth-order valence-electron chi connectivity index (χ4n) is 1.70. The van der Waals surface area contributed by atoms with Crippen molar-refractivity contribution in [3.63, 3.8) is 0 Å². The third-order valence-electron chi connectivity index (χ3n) is 2.61. The summed E-state index contributed by atoms with van der Waals surface area (Å²) in [4.78, 5) is 10.3. The lowest BCUT2D eigenvalue weighted by Crippen LogP contribution is -1.98. The molecule has 0 spiro atoms. The summed E-state index contributed by atoms with van der Waals surface area (Å²) in [5, 5.41) is 0.686. The van der Waals surface area contributed by atoms with Gasteiger partial charge in [0, 0.05) is 5.02 Å². The van der Waals surface area contributed by atoms with Crippen LogP contribution in [0.2, 0.25) is 5.02 Å². The Kier molecular flexibility index (Phi) is 4.42. The Morgan fingerprint density at radius 2 is 2.05 bits per heavy atom. The summed E-state index contributed by atoms with van der Waals surface area (Å²) in [6, 6.07) is 12.7. The van der Waals surface area contributed by atoms with Crippen LogP contribution >= 0.6 is 11.6 Å². The van der Waals surface area contributed by atoms with E-state index in [1.165, 1.54) is 0 Å². The molecule has 98 valence electrons. The normalized spacial score (nSPS) is 10.0. The summed E-state index contributed by atoms with van der Waals surface area (Å²) in [6.45, 7) is 2.75. The molecule has 0 radical (unpaired) electrons. The Morgan fingerprint density at radius 3 is 2.79 bits per heavy atom. The SMILES string of the molecule is Cc1cc(Cl)ccc1OCc1cccc(OC=O)c1. The molecule has 0 aliphatic carbocycles. The van der Waals surface area contributed by atoms with Crippen molar-refractivity contribution >= 4 is 18.1 Å². The van der Waals surface area contributed by atoms with E-state index in [9.17, 15) is 4.79 Å². The van der Waals surface area contributed by atoms with Gasteiger partial charge in [0.05, 0.1) is 0 Å². The van der Waals surface area contributed by atoms with Crippen LogP contribution in [0.5, 0.6) is 11.5 Å². The Bertz CT molecular complexity index is 581. The predicted octanol–water partition coefficient (Wildman–Crippen LogP) is 3.76.